The largest absolute Gasteiger partial charge is 0.452 e. The van der Waals surface area contributed by atoms with Crippen molar-refractivity contribution in [2.24, 2.45) is 5.92 Å². The number of urea groups is 1. The van der Waals surface area contributed by atoms with Gasteiger partial charge in [-0.1, -0.05) is 6.92 Å². The summed E-state index contributed by atoms with van der Waals surface area (Å²) in [7, 11) is 0. The van der Waals surface area contributed by atoms with Crippen LogP contribution in [-0.2, 0) is 14.3 Å². The molecule has 1 saturated heterocycles. The first kappa shape index (κ1) is 22.9. The summed E-state index contributed by atoms with van der Waals surface area (Å²) in [6, 6.07) is 3.73. The van der Waals surface area contributed by atoms with E-state index in [1.54, 1.807) is 0 Å². The van der Waals surface area contributed by atoms with Gasteiger partial charge in [-0.15, -0.1) is 0 Å². The van der Waals surface area contributed by atoms with E-state index < -0.39 is 41.5 Å². The number of carbonyl (C=O) groups is 4. The molecule has 4 amide bonds. The maximum Gasteiger partial charge on any atom is 0.446 e. The highest BCUT2D eigenvalue weighted by Gasteiger charge is 2.52. The summed E-state index contributed by atoms with van der Waals surface area (Å²) in [6.07, 6.45) is 2.49. The number of hydrogen-bond acceptors (Lipinski definition) is 6. The lowest BCUT2D eigenvalue weighted by molar-refractivity contribution is -0.141. The van der Waals surface area contributed by atoms with Crippen molar-refractivity contribution < 1.29 is 37.1 Å². The number of hydrazine groups is 1. The molecule has 1 saturated carbocycles. The average Bonchev–Trinajstić information content (AvgIpc) is 2.92. The molecular formula is C19H20F3N3O5S. The van der Waals surface area contributed by atoms with Crippen LogP contribution >= 0.6 is 11.8 Å². The lowest BCUT2D eigenvalue weighted by Gasteiger charge is -2.33. The van der Waals surface area contributed by atoms with Gasteiger partial charge in [-0.3, -0.25) is 15.0 Å². The Morgan fingerprint density at radius 3 is 2.42 bits per heavy atom. The van der Waals surface area contributed by atoms with E-state index in [1.165, 1.54) is 0 Å². The number of thioether (sulfide) groups is 1. The highest BCUT2D eigenvalue weighted by atomic mass is 32.2. The van der Waals surface area contributed by atoms with Crippen LogP contribution in [0, 0.1) is 5.92 Å². The number of hydrogen-bond donors (Lipinski definition) is 2. The fourth-order valence-electron chi connectivity index (χ4n) is 3.48. The van der Waals surface area contributed by atoms with Crippen LogP contribution in [0.15, 0.2) is 29.2 Å². The van der Waals surface area contributed by atoms with Gasteiger partial charge in [-0.05, 0) is 67.6 Å². The number of ether oxygens (including phenoxy) is 1. The van der Waals surface area contributed by atoms with Gasteiger partial charge in [0.15, 0.2) is 6.61 Å². The minimum atomic E-state index is -4.45. The smallest absolute Gasteiger partial charge is 0.446 e. The van der Waals surface area contributed by atoms with E-state index >= 15 is 0 Å². The summed E-state index contributed by atoms with van der Waals surface area (Å²) in [4.78, 5) is 48.8. The molecule has 1 heterocycles. The van der Waals surface area contributed by atoms with Gasteiger partial charge in [0.2, 0.25) is 0 Å². The molecule has 2 N–H and O–H groups in total. The van der Waals surface area contributed by atoms with Gasteiger partial charge in [0.1, 0.15) is 5.54 Å². The normalized spacial score (nSPS) is 23.6. The molecule has 1 aliphatic carbocycles. The van der Waals surface area contributed by atoms with E-state index in [2.05, 4.69) is 17.7 Å². The number of halogens is 3. The van der Waals surface area contributed by atoms with Crippen LogP contribution in [0.3, 0.4) is 0 Å². The molecule has 1 aromatic rings. The van der Waals surface area contributed by atoms with Crippen molar-refractivity contribution in [2.75, 3.05) is 6.61 Å². The lowest BCUT2D eigenvalue weighted by Crippen LogP contribution is -2.52. The highest BCUT2D eigenvalue weighted by Crippen LogP contribution is 2.37. The molecule has 0 radical (unpaired) electrons. The van der Waals surface area contributed by atoms with Crippen molar-refractivity contribution in [1.82, 2.24) is 15.8 Å². The predicted octanol–water partition coefficient (Wildman–Crippen LogP) is 2.99. The third-order valence-corrected chi connectivity index (χ3v) is 5.92. The Kier molecular flexibility index (Phi) is 6.48. The monoisotopic (exact) mass is 459 g/mol. The molecule has 3 rings (SSSR count). The summed E-state index contributed by atoms with van der Waals surface area (Å²) in [5, 5.41) is 3.23. The van der Waals surface area contributed by atoms with Gasteiger partial charge < -0.3 is 10.1 Å². The van der Waals surface area contributed by atoms with Gasteiger partial charge >= 0.3 is 17.5 Å². The second-order valence-electron chi connectivity index (χ2n) is 7.52. The van der Waals surface area contributed by atoms with E-state index in [-0.39, 0.29) is 22.2 Å². The van der Waals surface area contributed by atoms with E-state index in [9.17, 15) is 32.3 Å². The van der Waals surface area contributed by atoms with E-state index in [0.29, 0.717) is 23.8 Å². The van der Waals surface area contributed by atoms with Crippen LogP contribution in [0.4, 0.5) is 18.0 Å². The Morgan fingerprint density at radius 2 is 1.84 bits per heavy atom. The molecule has 2 aliphatic rings. The minimum Gasteiger partial charge on any atom is -0.452 e. The molecule has 1 spiro atoms. The first-order valence-electron chi connectivity index (χ1n) is 9.48. The Bertz CT molecular complexity index is 883. The number of nitrogens with zero attached hydrogens (tertiary/aromatic N) is 1. The van der Waals surface area contributed by atoms with E-state index in [1.807, 2.05) is 0 Å². The molecule has 1 aliphatic heterocycles. The lowest BCUT2D eigenvalue weighted by atomic mass is 9.77. The third-order valence-electron chi connectivity index (χ3n) is 5.18. The second-order valence-corrected chi connectivity index (χ2v) is 8.66. The van der Waals surface area contributed by atoms with Crippen molar-refractivity contribution in [1.29, 1.82) is 0 Å². The predicted molar refractivity (Wildman–Crippen MR) is 103 cm³/mol. The number of amides is 4. The molecule has 2 fully saturated rings. The highest BCUT2D eigenvalue weighted by molar-refractivity contribution is 8.00. The number of esters is 1. The van der Waals surface area contributed by atoms with E-state index in [0.717, 1.165) is 37.1 Å². The third kappa shape index (κ3) is 5.49. The molecule has 0 bridgehead atoms. The van der Waals surface area contributed by atoms with Crippen molar-refractivity contribution in [3.05, 3.63) is 29.8 Å². The summed E-state index contributed by atoms with van der Waals surface area (Å²) in [5.74, 6) is -1.95. The molecule has 0 atom stereocenters. The van der Waals surface area contributed by atoms with Crippen molar-refractivity contribution in [3.8, 4) is 0 Å². The summed E-state index contributed by atoms with van der Waals surface area (Å²) in [6.45, 7) is 1.28. The average molecular weight is 459 g/mol. The van der Waals surface area contributed by atoms with Gasteiger partial charge in [0.25, 0.3) is 11.8 Å². The Morgan fingerprint density at radius 1 is 1.23 bits per heavy atom. The maximum absolute atomic E-state index is 12.7. The van der Waals surface area contributed by atoms with Crippen molar-refractivity contribution in [3.63, 3.8) is 0 Å². The molecule has 31 heavy (non-hydrogen) atoms. The van der Waals surface area contributed by atoms with E-state index in [4.69, 9.17) is 4.74 Å². The zero-order valence-corrected chi connectivity index (χ0v) is 17.3. The fourth-order valence-corrected chi connectivity index (χ4v) is 4.02. The van der Waals surface area contributed by atoms with Crippen LogP contribution in [-0.4, -0.2) is 46.5 Å². The number of imide groups is 1. The van der Waals surface area contributed by atoms with Gasteiger partial charge in [-0.2, -0.15) is 18.2 Å². The maximum atomic E-state index is 12.7. The summed E-state index contributed by atoms with van der Waals surface area (Å²) in [5.41, 5.74) is -3.40. The zero-order chi connectivity index (χ0) is 22.8. The quantitative estimate of drug-likeness (QED) is 0.399. The SMILES string of the molecule is CC1CCC2(CC1)NC(=O)N(NC(=O)COC(=O)c1ccc(SC(F)(F)F)cc1)C2=O. The van der Waals surface area contributed by atoms with Gasteiger partial charge in [0, 0.05) is 4.90 Å². The number of rotatable bonds is 5. The van der Waals surface area contributed by atoms with Crippen LogP contribution in [0.2, 0.25) is 0 Å². The number of nitrogens with one attached hydrogen (secondary N) is 2. The molecule has 1 aromatic carbocycles. The van der Waals surface area contributed by atoms with Crippen molar-refractivity contribution >= 4 is 35.6 Å². The standard InChI is InChI=1S/C19H20F3N3O5S/c1-11-6-8-18(9-7-11)16(28)25(17(29)23-18)24-14(26)10-30-15(27)12-2-4-13(5-3-12)31-19(20,21)22/h2-5,11H,6-10H2,1H3,(H,23,29)(H,24,26). The molecule has 0 aromatic heterocycles. The topological polar surface area (TPSA) is 105 Å². The van der Waals surface area contributed by atoms with Crippen LogP contribution in [0.5, 0.6) is 0 Å². The molecule has 8 nitrogen and oxygen atoms in total. The van der Waals surface area contributed by atoms with Crippen LogP contribution in [0.25, 0.3) is 0 Å². The Labute approximate surface area is 179 Å². The first-order valence-corrected chi connectivity index (χ1v) is 10.3. The number of benzene rings is 1. The van der Waals surface area contributed by atoms with Crippen LogP contribution < -0.4 is 10.7 Å². The first-order chi connectivity index (χ1) is 14.5. The molecule has 0 unspecified atom stereocenters. The minimum absolute atomic E-state index is 0.0513. The summed E-state index contributed by atoms with van der Waals surface area (Å²) < 4.78 is 41.8. The molecule has 168 valence electrons. The number of carbonyl (C=O) groups excluding carboxylic acids is 4. The van der Waals surface area contributed by atoms with Gasteiger partial charge in [-0.25, -0.2) is 9.59 Å². The fraction of sp³-hybridized carbons (Fsp3) is 0.474. The van der Waals surface area contributed by atoms with Crippen LogP contribution in [0.1, 0.15) is 43.0 Å². The molecular weight excluding hydrogens is 439 g/mol. The van der Waals surface area contributed by atoms with Gasteiger partial charge in [0.05, 0.1) is 5.56 Å². The second kappa shape index (κ2) is 8.77. The Hall–Kier alpha value is -2.76. The zero-order valence-electron chi connectivity index (χ0n) is 16.5. The summed E-state index contributed by atoms with van der Waals surface area (Å²) >= 11 is -0.325. The number of alkyl halides is 3. The van der Waals surface area contributed by atoms with Crippen molar-refractivity contribution in [2.45, 2.75) is 48.5 Å². The molecule has 12 heteroatoms. The Balaban J connectivity index is 1.51.